The van der Waals surface area contributed by atoms with Crippen molar-refractivity contribution in [2.75, 3.05) is 0 Å². The van der Waals surface area contributed by atoms with Crippen molar-refractivity contribution in [3.63, 3.8) is 0 Å². The highest BCUT2D eigenvalue weighted by Gasteiger charge is 2.12. The number of benzene rings is 2. The monoisotopic (exact) mass is 393 g/mol. The number of H-pyrrole nitrogens is 1. The number of rotatable bonds is 4. The first kappa shape index (κ1) is 17.3. The zero-order valence-corrected chi connectivity index (χ0v) is 14.7. The van der Waals surface area contributed by atoms with Gasteiger partial charge in [-0.15, -0.1) is 0 Å². The Hall–Kier alpha value is -2.55. The predicted molar refractivity (Wildman–Crippen MR) is 99.0 cm³/mol. The second-order valence-electron chi connectivity index (χ2n) is 4.89. The lowest BCUT2D eigenvalue weighted by molar-refractivity contribution is -0.384. The number of hydrogen-bond acceptors (Lipinski definition) is 5. The summed E-state index contributed by atoms with van der Waals surface area (Å²) >= 11 is 17.3. The molecule has 10 heteroatoms. The number of nitrogens with one attached hydrogen (secondary N) is 1. The molecule has 0 radical (unpaired) electrons. The summed E-state index contributed by atoms with van der Waals surface area (Å²) in [6, 6.07) is 11.0. The molecule has 0 saturated heterocycles. The van der Waals surface area contributed by atoms with Crippen molar-refractivity contribution in [2.45, 2.75) is 0 Å². The number of nitro benzene ring substituents is 1. The van der Waals surface area contributed by atoms with Gasteiger partial charge in [-0.1, -0.05) is 35.3 Å². The molecule has 0 saturated carbocycles. The van der Waals surface area contributed by atoms with Gasteiger partial charge in [-0.2, -0.15) is 14.9 Å². The van der Waals surface area contributed by atoms with E-state index in [1.54, 1.807) is 30.3 Å². The Balaban J connectivity index is 2.01. The quantitative estimate of drug-likeness (QED) is 0.301. The summed E-state index contributed by atoms with van der Waals surface area (Å²) < 4.78 is 1.63. The Morgan fingerprint density at radius 1 is 1.28 bits per heavy atom. The molecule has 0 spiro atoms. The minimum Gasteiger partial charge on any atom is -0.258 e. The van der Waals surface area contributed by atoms with Crippen LogP contribution in [-0.4, -0.2) is 26.0 Å². The van der Waals surface area contributed by atoms with Crippen molar-refractivity contribution in [1.29, 1.82) is 0 Å². The van der Waals surface area contributed by atoms with Gasteiger partial charge in [0.2, 0.25) is 4.77 Å². The van der Waals surface area contributed by atoms with Crippen LogP contribution < -0.4 is 0 Å². The maximum atomic E-state index is 10.8. The number of aromatic nitrogens is 3. The van der Waals surface area contributed by atoms with E-state index in [-0.39, 0.29) is 10.5 Å². The minimum absolute atomic E-state index is 0.0271. The maximum absolute atomic E-state index is 10.8. The first-order chi connectivity index (χ1) is 12.0. The van der Waals surface area contributed by atoms with Crippen LogP contribution in [0.3, 0.4) is 0 Å². The van der Waals surface area contributed by atoms with Gasteiger partial charge in [0, 0.05) is 28.3 Å². The summed E-state index contributed by atoms with van der Waals surface area (Å²) in [5, 5.41) is 22.8. The minimum atomic E-state index is -0.472. The maximum Gasteiger partial charge on any atom is 0.270 e. The number of non-ortho nitro benzene ring substituents is 1. The highest BCUT2D eigenvalue weighted by molar-refractivity contribution is 7.71. The van der Waals surface area contributed by atoms with Gasteiger partial charge in [0.1, 0.15) is 0 Å². The van der Waals surface area contributed by atoms with Crippen LogP contribution in [-0.2, 0) is 0 Å². The van der Waals surface area contributed by atoms with Crippen molar-refractivity contribution in [3.05, 3.63) is 73.0 Å². The molecule has 3 rings (SSSR count). The number of nitro groups is 1. The number of nitrogens with zero attached hydrogens (tertiary/aromatic N) is 4. The summed E-state index contributed by atoms with van der Waals surface area (Å²) in [6.07, 6.45) is 1.45. The van der Waals surface area contributed by atoms with Crippen molar-refractivity contribution in [2.24, 2.45) is 5.10 Å². The second kappa shape index (κ2) is 7.14. The van der Waals surface area contributed by atoms with Crippen LogP contribution in [0.15, 0.2) is 47.6 Å². The molecular weight excluding hydrogens is 385 g/mol. The Kier molecular flexibility index (Phi) is 4.93. The van der Waals surface area contributed by atoms with E-state index in [4.69, 9.17) is 35.4 Å². The van der Waals surface area contributed by atoms with Crippen LogP contribution in [0.25, 0.3) is 11.4 Å². The lowest BCUT2D eigenvalue weighted by Crippen LogP contribution is -1.96. The van der Waals surface area contributed by atoms with E-state index in [2.05, 4.69) is 15.3 Å². The molecule has 0 unspecified atom stereocenters. The number of hydrogen-bond donors (Lipinski definition) is 1. The van der Waals surface area contributed by atoms with E-state index in [1.807, 2.05) is 0 Å². The highest BCUT2D eigenvalue weighted by atomic mass is 35.5. The van der Waals surface area contributed by atoms with Crippen LogP contribution in [0, 0.1) is 14.9 Å². The van der Waals surface area contributed by atoms with Crippen LogP contribution in [0.2, 0.25) is 10.0 Å². The van der Waals surface area contributed by atoms with E-state index in [9.17, 15) is 10.1 Å². The average Bonchev–Trinajstić information content (AvgIpc) is 2.94. The first-order valence-electron chi connectivity index (χ1n) is 6.87. The van der Waals surface area contributed by atoms with Gasteiger partial charge in [-0.25, -0.2) is 5.10 Å². The molecule has 0 fully saturated rings. The van der Waals surface area contributed by atoms with Crippen LogP contribution in [0.5, 0.6) is 0 Å². The van der Waals surface area contributed by atoms with Crippen molar-refractivity contribution in [3.8, 4) is 11.4 Å². The van der Waals surface area contributed by atoms with E-state index in [1.165, 1.54) is 23.0 Å². The smallest absolute Gasteiger partial charge is 0.258 e. The molecule has 7 nitrogen and oxygen atoms in total. The van der Waals surface area contributed by atoms with Crippen molar-refractivity contribution in [1.82, 2.24) is 14.9 Å². The molecule has 0 aliphatic carbocycles. The number of halogens is 2. The molecule has 1 aromatic heterocycles. The molecule has 0 amide bonds. The number of aromatic amines is 1. The summed E-state index contributed by atoms with van der Waals surface area (Å²) in [7, 11) is 0. The second-order valence-corrected chi connectivity index (χ2v) is 6.12. The standard InChI is InChI=1S/C15H9Cl2N5O2S/c16-10-4-5-12(13(17)7-10)14-19-20-15(25)21(14)18-8-9-2-1-3-11(6-9)22(23)24/h1-8H,(H,20,25)/b18-8-. The summed E-state index contributed by atoms with van der Waals surface area (Å²) in [5.41, 5.74) is 1.11. The third-order valence-electron chi connectivity index (χ3n) is 3.23. The van der Waals surface area contributed by atoms with Crippen LogP contribution in [0.1, 0.15) is 5.56 Å². The fraction of sp³-hybridized carbons (Fsp3) is 0. The van der Waals surface area contributed by atoms with E-state index in [0.717, 1.165) is 0 Å². The predicted octanol–water partition coefficient (Wildman–Crippen LogP) is 4.70. The topological polar surface area (TPSA) is 89.1 Å². The van der Waals surface area contributed by atoms with Gasteiger partial charge < -0.3 is 0 Å². The fourth-order valence-electron chi connectivity index (χ4n) is 2.09. The van der Waals surface area contributed by atoms with E-state index in [0.29, 0.717) is 27.0 Å². The summed E-state index contributed by atoms with van der Waals surface area (Å²) in [5.74, 6) is 0.397. The normalized spacial score (nSPS) is 11.1. The van der Waals surface area contributed by atoms with Gasteiger partial charge in [0.05, 0.1) is 16.2 Å². The lowest BCUT2D eigenvalue weighted by Gasteiger charge is -2.04. The zero-order chi connectivity index (χ0) is 18.0. The molecule has 0 aliphatic rings. The SMILES string of the molecule is O=[N+]([O-])c1cccc(/C=N\n2c(-c3ccc(Cl)cc3Cl)n[nH]c2=S)c1. The zero-order valence-electron chi connectivity index (χ0n) is 12.4. The Morgan fingerprint density at radius 3 is 2.80 bits per heavy atom. The summed E-state index contributed by atoms with van der Waals surface area (Å²) in [6.45, 7) is 0. The van der Waals surface area contributed by atoms with E-state index < -0.39 is 4.92 Å². The summed E-state index contributed by atoms with van der Waals surface area (Å²) in [4.78, 5) is 10.4. The Morgan fingerprint density at radius 2 is 2.08 bits per heavy atom. The van der Waals surface area contributed by atoms with Gasteiger partial charge in [0.15, 0.2) is 5.82 Å². The molecule has 0 aliphatic heterocycles. The molecule has 1 N–H and O–H groups in total. The Labute approximate surface area is 156 Å². The molecule has 0 bridgehead atoms. The van der Waals surface area contributed by atoms with Crippen LogP contribution in [0.4, 0.5) is 5.69 Å². The molecule has 25 heavy (non-hydrogen) atoms. The van der Waals surface area contributed by atoms with Crippen molar-refractivity contribution < 1.29 is 4.92 Å². The largest absolute Gasteiger partial charge is 0.270 e. The third kappa shape index (κ3) is 3.76. The Bertz CT molecular complexity index is 1040. The molecule has 1 heterocycles. The van der Waals surface area contributed by atoms with E-state index >= 15 is 0 Å². The van der Waals surface area contributed by atoms with Crippen LogP contribution >= 0.6 is 35.4 Å². The van der Waals surface area contributed by atoms with Gasteiger partial charge in [-0.05, 0) is 30.4 Å². The van der Waals surface area contributed by atoms with Gasteiger partial charge >= 0.3 is 0 Å². The average molecular weight is 394 g/mol. The molecule has 2 aromatic carbocycles. The highest BCUT2D eigenvalue weighted by Crippen LogP contribution is 2.29. The first-order valence-corrected chi connectivity index (χ1v) is 8.04. The van der Waals surface area contributed by atoms with Gasteiger partial charge in [0.25, 0.3) is 5.69 Å². The third-order valence-corrected chi connectivity index (χ3v) is 4.04. The molecule has 3 aromatic rings. The lowest BCUT2D eigenvalue weighted by atomic mass is 10.2. The van der Waals surface area contributed by atoms with Crippen molar-refractivity contribution >= 4 is 47.3 Å². The van der Waals surface area contributed by atoms with Gasteiger partial charge in [-0.3, -0.25) is 10.1 Å². The molecular formula is C15H9Cl2N5O2S. The molecule has 126 valence electrons. The fourth-order valence-corrected chi connectivity index (χ4v) is 2.76. The molecule has 0 atom stereocenters.